The third-order valence-electron chi connectivity index (χ3n) is 3.55. The smallest absolute Gasteiger partial charge is 0.306 e. The van der Waals surface area contributed by atoms with Crippen LogP contribution in [-0.2, 0) is 9.53 Å². The third-order valence-corrected chi connectivity index (χ3v) is 3.55. The summed E-state index contributed by atoms with van der Waals surface area (Å²) in [6, 6.07) is 0. The number of carbonyl (C=O) groups excluding carboxylic acids is 1. The zero-order valence-corrected chi connectivity index (χ0v) is 11.6. The molecule has 0 amide bonds. The lowest BCUT2D eigenvalue weighted by molar-refractivity contribution is -0.157. The molecule has 0 aliphatic carbocycles. The first-order valence-corrected chi connectivity index (χ1v) is 7.32. The maximum Gasteiger partial charge on any atom is 0.306 e. The van der Waals surface area contributed by atoms with E-state index in [0.29, 0.717) is 6.42 Å². The molecule has 0 atom stereocenters. The van der Waals surface area contributed by atoms with Crippen LogP contribution < -0.4 is 0 Å². The molecule has 0 aromatic rings. The Morgan fingerprint density at radius 1 is 0.824 bits per heavy atom. The summed E-state index contributed by atoms with van der Waals surface area (Å²) in [5.74, 6) is -0.00735. The van der Waals surface area contributed by atoms with Crippen LogP contribution in [0.1, 0.15) is 84.5 Å². The van der Waals surface area contributed by atoms with Crippen molar-refractivity contribution in [3.63, 3.8) is 0 Å². The predicted octanol–water partition coefficient (Wildman–Crippen LogP) is 4.61. The summed E-state index contributed by atoms with van der Waals surface area (Å²) in [6.07, 6.45) is 12.9. The molecular weight excluding hydrogens is 212 g/mol. The molecule has 1 heterocycles. The quantitative estimate of drug-likeness (QED) is 0.578. The molecule has 0 N–H and O–H groups in total. The van der Waals surface area contributed by atoms with E-state index in [0.717, 1.165) is 12.8 Å². The molecule has 17 heavy (non-hydrogen) atoms. The first-order valence-electron chi connectivity index (χ1n) is 7.32. The molecule has 0 radical (unpaired) electrons. The number of carbonyl (C=O) groups is 1. The van der Waals surface area contributed by atoms with Crippen molar-refractivity contribution in [3.05, 3.63) is 0 Å². The van der Waals surface area contributed by atoms with Gasteiger partial charge in [0.15, 0.2) is 0 Å². The van der Waals surface area contributed by atoms with Gasteiger partial charge in [-0.15, -0.1) is 0 Å². The number of esters is 1. The van der Waals surface area contributed by atoms with Gasteiger partial charge in [-0.3, -0.25) is 4.79 Å². The second-order valence-electron chi connectivity index (χ2n) is 5.92. The molecule has 0 saturated carbocycles. The van der Waals surface area contributed by atoms with Gasteiger partial charge in [0.2, 0.25) is 0 Å². The lowest BCUT2D eigenvalue weighted by Gasteiger charge is -2.25. The largest absolute Gasteiger partial charge is 0.460 e. The van der Waals surface area contributed by atoms with E-state index >= 15 is 0 Å². The van der Waals surface area contributed by atoms with Crippen LogP contribution in [0.3, 0.4) is 0 Å². The minimum absolute atomic E-state index is 0.00735. The van der Waals surface area contributed by atoms with Crippen LogP contribution in [0.2, 0.25) is 0 Å². The minimum atomic E-state index is -0.263. The van der Waals surface area contributed by atoms with Crippen LogP contribution in [0, 0.1) is 0 Å². The van der Waals surface area contributed by atoms with Gasteiger partial charge in [0, 0.05) is 6.42 Å². The van der Waals surface area contributed by atoms with Crippen molar-refractivity contribution in [2.45, 2.75) is 90.1 Å². The van der Waals surface area contributed by atoms with Gasteiger partial charge in [0.25, 0.3) is 0 Å². The first-order chi connectivity index (χ1) is 8.10. The lowest BCUT2D eigenvalue weighted by Crippen LogP contribution is -2.27. The van der Waals surface area contributed by atoms with E-state index in [1.54, 1.807) is 0 Å². The molecule has 0 unspecified atom stereocenters. The van der Waals surface area contributed by atoms with Crippen molar-refractivity contribution in [3.8, 4) is 0 Å². The predicted molar refractivity (Wildman–Crippen MR) is 71.0 cm³/mol. The third kappa shape index (κ3) is 7.40. The van der Waals surface area contributed by atoms with Crippen molar-refractivity contribution < 1.29 is 9.53 Å². The normalized spacial score (nSPS) is 24.7. The first kappa shape index (κ1) is 14.5. The monoisotopic (exact) mass is 240 g/mol. The Morgan fingerprint density at radius 2 is 1.29 bits per heavy atom. The molecule has 1 rings (SSSR count). The van der Waals surface area contributed by atoms with Gasteiger partial charge in [-0.1, -0.05) is 44.9 Å². The highest BCUT2D eigenvalue weighted by Crippen LogP contribution is 2.21. The van der Waals surface area contributed by atoms with Crippen molar-refractivity contribution in [1.82, 2.24) is 0 Å². The van der Waals surface area contributed by atoms with Crippen LogP contribution in [0.15, 0.2) is 0 Å². The summed E-state index contributed by atoms with van der Waals surface area (Å²) in [5, 5.41) is 0. The molecule has 100 valence electrons. The van der Waals surface area contributed by atoms with Crippen molar-refractivity contribution in [2.24, 2.45) is 0 Å². The van der Waals surface area contributed by atoms with Crippen LogP contribution in [0.5, 0.6) is 0 Å². The molecule has 2 heteroatoms. The number of hydrogen-bond donors (Lipinski definition) is 0. The van der Waals surface area contributed by atoms with Gasteiger partial charge in [-0.05, 0) is 33.1 Å². The molecule has 1 aliphatic heterocycles. The maximum atomic E-state index is 11.6. The van der Waals surface area contributed by atoms with E-state index in [1.807, 2.05) is 13.8 Å². The highest BCUT2D eigenvalue weighted by atomic mass is 16.6. The van der Waals surface area contributed by atoms with Crippen molar-refractivity contribution in [2.75, 3.05) is 0 Å². The SMILES string of the molecule is CC1(C)CCCCCCCCCCCC(=O)O1. The Labute approximate surface area is 106 Å². The van der Waals surface area contributed by atoms with Crippen LogP contribution in [-0.4, -0.2) is 11.6 Å². The highest BCUT2D eigenvalue weighted by molar-refractivity contribution is 5.69. The van der Waals surface area contributed by atoms with E-state index < -0.39 is 0 Å². The average molecular weight is 240 g/mol. The topological polar surface area (TPSA) is 26.3 Å². The van der Waals surface area contributed by atoms with Gasteiger partial charge < -0.3 is 4.74 Å². The second kappa shape index (κ2) is 7.73. The second-order valence-corrected chi connectivity index (χ2v) is 5.92. The van der Waals surface area contributed by atoms with E-state index in [9.17, 15) is 4.79 Å². The summed E-state index contributed by atoms with van der Waals surface area (Å²) in [6.45, 7) is 4.08. The summed E-state index contributed by atoms with van der Waals surface area (Å²) < 4.78 is 5.54. The number of ether oxygens (including phenoxy) is 1. The summed E-state index contributed by atoms with van der Waals surface area (Å²) in [4.78, 5) is 11.6. The molecule has 2 nitrogen and oxygen atoms in total. The summed E-state index contributed by atoms with van der Waals surface area (Å²) >= 11 is 0. The fourth-order valence-electron chi connectivity index (χ4n) is 2.47. The zero-order valence-electron chi connectivity index (χ0n) is 11.6. The molecule has 0 aromatic heterocycles. The van der Waals surface area contributed by atoms with E-state index in [-0.39, 0.29) is 11.6 Å². The Kier molecular flexibility index (Phi) is 6.61. The standard InChI is InChI=1S/C15H28O2/c1-15(2)13-11-9-7-5-3-4-6-8-10-12-14(16)17-15/h3-13H2,1-2H3. The number of cyclic esters (lactones) is 1. The molecule has 0 aromatic carbocycles. The Bertz CT molecular complexity index is 221. The summed E-state index contributed by atoms with van der Waals surface area (Å²) in [7, 11) is 0. The fourth-order valence-corrected chi connectivity index (χ4v) is 2.47. The molecule has 0 spiro atoms. The van der Waals surface area contributed by atoms with Crippen LogP contribution in [0.25, 0.3) is 0 Å². The van der Waals surface area contributed by atoms with E-state index in [2.05, 4.69) is 0 Å². The molecule has 0 bridgehead atoms. The molecule has 1 aliphatic rings. The Balaban J connectivity index is 2.36. The summed E-state index contributed by atoms with van der Waals surface area (Å²) in [5.41, 5.74) is -0.263. The van der Waals surface area contributed by atoms with Crippen molar-refractivity contribution in [1.29, 1.82) is 0 Å². The fraction of sp³-hybridized carbons (Fsp3) is 0.933. The van der Waals surface area contributed by atoms with Gasteiger partial charge in [-0.25, -0.2) is 0 Å². The maximum absolute atomic E-state index is 11.6. The molecule has 1 fully saturated rings. The highest BCUT2D eigenvalue weighted by Gasteiger charge is 2.21. The lowest BCUT2D eigenvalue weighted by atomic mass is 9.98. The average Bonchev–Trinajstić information content (AvgIpc) is 2.24. The Morgan fingerprint density at radius 3 is 1.88 bits per heavy atom. The van der Waals surface area contributed by atoms with Crippen molar-refractivity contribution >= 4 is 5.97 Å². The van der Waals surface area contributed by atoms with Gasteiger partial charge >= 0.3 is 5.97 Å². The van der Waals surface area contributed by atoms with Gasteiger partial charge in [0.1, 0.15) is 5.60 Å². The van der Waals surface area contributed by atoms with Crippen LogP contribution in [0.4, 0.5) is 0 Å². The van der Waals surface area contributed by atoms with E-state index in [4.69, 9.17) is 4.74 Å². The number of rotatable bonds is 0. The van der Waals surface area contributed by atoms with Gasteiger partial charge in [0.05, 0.1) is 0 Å². The number of hydrogen-bond acceptors (Lipinski definition) is 2. The molecular formula is C15H28O2. The molecule has 1 saturated heterocycles. The Hall–Kier alpha value is -0.530. The van der Waals surface area contributed by atoms with E-state index in [1.165, 1.54) is 51.4 Å². The minimum Gasteiger partial charge on any atom is -0.460 e. The zero-order chi connectivity index (χ0) is 12.6. The van der Waals surface area contributed by atoms with Crippen LogP contribution >= 0.6 is 0 Å². The van der Waals surface area contributed by atoms with Gasteiger partial charge in [-0.2, -0.15) is 0 Å².